The molecule has 1 amide bonds. The maximum absolute atomic E-state index is 13.3. The van der Waals surface area contributed by atoms with Gasteiger partial charge < -0.3 is 5.11 Å². The van der Waals surface area contributed by atoms with E-state index in [0.717, 1.165) is 15.8 Å². The average Bonchev–Trinajstić information content (AvgIpc) is 3.37. The maximum Gasteiger partial charge on any atom is 0.301 e. The number of carbonyl (C=O) groups is 2. The highest BCUT2D eigenvalue weighted by atomic mass is 32.1. The van der Waals surface area contributed by atoms with Gasteiger partial charge in [-0.05, 0) is 37.1 Å². The van der Waals surface area contributed by atoms with Crippen LogP contribution in [0.2, 0.25) is 0 Å². The molecule has 0 spiro atoms. The molecule has 1 atom stereocenters. The number of aliphatic hydroxyl groups is 1. The fourth-order valence-corrected chi connectivity index (χ4v) is 5.23. The number of hydrogen-bond donors (Lipinski definition) is 1. The van der Waals surface area contributed by atoms with Crippen LogP contribution in [-0.4, -0.2) is 26.7 Å². The lowest BCUT2D eigenvalue weighted by Crippen LogP contribution is -2.29. The molecule has 8 nitrogen and oxygen atoms in total. The van der Waals surface area contributed by atoms with Gasteiger partial charge in [0.1, 0.15) is 5.76 Å². The number of thiazole rings is 1. The monoisotopic (exact) mass is 485 g/mol. The molecule has 1 saturated heterocycles. The van der Waals surface area contributed by atoms with Crippen LogP contribution < -0.4 is 4.90 Å². The number of fused-ring (bicyclic) bond motifs is 1. The molecule has 0 bridgehead atoms. The van der Waals surface area contributed by atoms with E-state index in [1.807, 2.05) is 32.0 Å². The number of amides is 1. The van der Waals surface area contributed by atoms with Crippen LogP contribution in [0.15, 0.2) is 72.3 Å². The smallest absolute Gasteiger partial charge is 0.301 e. The van der Waals surface area contributed by atoms with Crippen molar-refractivity contribution in [3.8, 4) is 0 Å². The van der Waals surface area contributed by atoms with Gasteiger partial charge >= 0.3 is 5.91 Å². The molecule has 174 valence electrons. The SMILES string of the molecule is Cc1ccc(/C(O)=C2\C(=O)C(=O)N(c3nc4ccc(C)cc4s3)[C@@H]2c2cccc([N+](=O)[O-])c2)cc1. The zero-order chi connectivity index (χ0) is 24.9. The zero-order valence-corrected chi connectivity index (χ0v) is 19.6. The van der Waals surface area contributed by atoms with Gasteiger partial charge in [0, 0.05) is 17.7 Å². The number of nitro benzene ring substituents is 1. The second-order valence-electron chi connectivity index (χ2n) is 8.35. The van der Waals surface area contributed by atoms with Gasteiger partial charge in [-0.25, -0.2) is 4.98 Å². The number of aromatic nitrogens is 1. The van der Waals surface area contributed by atoms with Crippen molar-refractivity contribution in [1.29, 1.82) is 0 Å². The summed E-state index contributed by atoms with van der Waals surface area (Å²) in [6.45, 7) is 3.83. The van der Waals surface area contributed by atoms with Gasteiger partial charge in [-0.15, -0.1) is 0 Å². The van der Waals surface area contributed by atoms with E-state index in [1.165, 1.54) is 34.4 Å². The first-order valence-electron chi connectivity index (χ1n) is 10.7. The van der Waals surface area contributed by atoms with Crippen LogP contribution in [0.3, 0.4) is 0 Å². The van der Waals surface area contributed by atoms with Crippen molar-refractivity contribution in [3.05, 3.63) is 105 Å². The molecule has 1 aromatic heterocycles. The molecule has 1 aliphatic rings. The lowest BCUT2D eigenvalue weighted by atomic mass is 9.95. The minimum Gasteiger partial charge on any atom is -0.507 e. The Morgan fingerprint density at radius 1 is 1.03 bits per heavy atom. The lowest BCUT2D eigenvalue weighted by Gasteiger charge is -2.22. The molecule has 1 N–H and O–H groups in total. The Morgan fingerprint density at radius 2 is 1.74 bits per heavy atom. The number of anilines is 1. The molecule has 4 aromatic rings. The number of non-ortho nitro benzene ring substituents is 1. The van der Waals surface area contributed by atoms with E-state index >= 15 is 0 Å². The van der Waals surface area contributed by atoms with E-state index in [9.17, 15) is 24.8 Å². The minimum atomic E-state index is -1.09. The highest BCUT2D eigenvalue weighted by Crippen LogP contribution is 2.44. The van der Waals surface area contributed by atoms with Crippen LogP contribution in [0, 0.1) is 24.0 Å². The van der Waals surface area contributed by atoms with Crippen LogP contribution in [0.1, 0.15) is 28.3 Å². The van der Waals surface area contributed by atoms with Crippen molar-refractivity contribution in [2.24, 2.45) is 0 Å². The van der Waals surface area contributed by atoms with Gasteiger partial charge in [0.25, 0.3) is 11.5 Å². The molecule has 35 heavy (non-hydrogen) atoms. The number of benzene rings is 3. The Bertz CT molecular complexity index is 1560. The topological polar surface area (TPSA) is 114 Å². The van der Waals surface area contributed by atoms with Gasteiger partial charge in [-0.2, -0.15) is 0 Å². The second-order valence-corrected chi connectivity index (χ2v) is 9.36. The summed E-state index contributed by atoms with van der Waals surface area (Å²) in [6, 6.07) is 17.2. The van der Waals surface area contributed by atoms with E-state index in [0.29, 0.717) is 16.6 Å². The zero-order valence-electron chi connectivity index (χ0n) is 18.8. The summed E-state index contributed by atoms with van der Waals surface area (Å²) < 4.78 is 0.832. The quantitative estimate of drug-likeness (QED) is 0.135. The Hall–Kier alpha value is -4.37. The second kappa shape index (κ2) is 8.44. The standard InChI is InChI=1S/C26H19N3O5S/c1-14-6-9-16(10-7-14)23(30)21-22(17-4-3-5-18(13-17)29(33)34)28(25(32)24(21)31)26-27-19-11-8-15(2)12-20(19)35-26/h3-13,22,30H,1-2H3/b23-21+/t22-/m1/s1. The predicted molar refractivity (Wildman–Crippen MR) is 133 cm³/mol. The third-order valence-electron chi connectivity index (χ3n) is 5.90. The molecule has 3 aromatic carbocycles. The van der Waals surface area contributed by atoms with Gasteiger partial charge in [0.05, 0.1) is 26.8 Å². The van der Waals surface area contributed by atoms with Crippen LogP contribution in [0.25, 0.3) is 16.0 Å². The third-order valence-corrected chi connectivity index (χ3v) is 6.92. The number of hydrogen-bond acceptors (Lipinski definition) is 7. The van der Waals surface area contributed by atoms with Crippen LogP contribution in [-0.2, 0) is 9.59 Å². The Balaban J connectivity index is 1.75. The summed E-state index contributed by atoms with van der Waals surface area (Å²) in [5.74, 6) is -2.08. The maximum atomic E-state index is 13.3. The summed E-state index contributed by atoms with van der Waals surface area (Å²) in [7, 11) is 0. The molecule has 0 saturated carbocycles. The van der Waals surface area contributed by atoms with Crippen molar-refractivity contribution in [2.75, 3.05) is 4.90 Å². The van der Waals surface area contributed by atoms with Gasteiger partial charge in [0.15, 0.2) is 5.13 Å². The number of carbonyl (C=O) groups excluding carboxylic acids is 2. The third kappa shape index (κ3) is 3.85. The molecule has 2 heterocycles. The summed E-state index contributed by atoms with van der Waals surface area (Å²) in [5.41, 5.74) is 2.99. The highest BCUT2D eigenvalue weighted by Gasteiger charge is 2.48. The normalized spacial score (nSPS) is 17.3. The molecule has 0 radical (unpaired) electrons. The van der Waals surface area contributed by atoms with Gasteiger partial charge in [-0.1, -0.05) is 59.4 Å². The Morgan fingerprint density at radius 3 is 2.46 bits per heavy atom. The molecular formula is C26H19N3O5S. The van der Waals surface area contributed by atoms with Crippen molar-refractivity contribution < 1.29 is 19.6 Å². The summed E-state index contributed by atoms with van der Waals surface area (Å²) in [4.78, 5) is 43.3. The Kier molecular flexibility index (Phi) is 5.41. The number of aryl methyl sites for hydroxylation is 2. The first-order valence-corrected chi connectivity index (χ1v) is 11.6. The highest BCUT2D eigenvalue weighted by molar-refractivity contribution is 7.22. The Labute approximate surface area is 203 Å². The molecule has 5 rings (SSSR count). The molecule has 1 aliphatic heterocycles. The lowest BCUT2D eigenvalue weighted by molar-refractivity contribution is -0.384. The fraction of sp³-hybridized carbons (Fsp3) is 0.115. The van der Waals surface area contributed by atoms with E-state index in [2.05, 4.69) is 4.98 Å². The van der Waals surface area contributed by atoms with E-state index in [-0.39, 0.29) is 22.2 Å². The van der Waals surface area contributed by atoms with Gasteiger partial charge in [0.2, 0.25) is 0 Å². The molecule has 0 unspecified atom stereocenters. The molecular weight excluding hydrogens is 466 g/mol. The number of aliphatic hydroxyl groups excluding tert-OH is 1. The summed E-state index contributed by atoms with van der Waals surface area (Å²) >= 11 is 1.24. The largest absolute Gasteiger partial charge is 0.507 e. The van der Waals surface area contributed by atoms with E-state index < -0.39 is 22.7 Å². The molecule has 0 aliphatic carbocycles. The number of Topliss-reactive ketones (excluding diaryl/α,β-unsaturated/α-hetero) is 1. The van der Waals surface area contributed by atoms with Crippen molar-refractivity contribution >= 4 is 49.8 Å². The number of ketones is 1. The first kappa shape index (κ1) is 22.4. The van der Waals surface area contributed by atoms with Crippen LogP contribution in [0.4, 0.5) is 10.8 Å². The summed E-state index contributed by atoms with van der Waals surface area (Å²) in [6.07, 6.45) is 0. The molecule has 1 fully saturated rings. The van der Waals surface area contributed by atoms with Crippen molar-refractivity contribution in [2.45, 2.75) is 19.9 Å². The fourth-order valence-electron chi connectivity index (χ4n) is 4.14. The average molecular weight is 486 g/mol. The predicted octanol–water partition coefficient (Wildman–Crippen LogP) is 5.45. The molecule has 9 heteroatoms. The number of nitrogens with zero attached hydrogens (tertiary/aromatic N) is 3. The van der Waals surface area contributed by atoms with Crippen LogP contribution in [0.5, 0.6) is 0 Å². The van der Waals surface area contributed by atoms with E-state index in [4.69, 9.17) is 0 Å². The van der Waals surface area contributed by atoms with Crippen molar-refractivity contribution in [1.82, 2.24) is 4.98 Å². The van der Waals surface area contributed by atoms with Gasteiger partial charge in [-0.3, -0.25) is 24.6 Å². The number of nitro groups is 1. The minimum absolute atomic E-state index is 0.144. The number of rotatable bonds is 4. The summed E-state index contributed by atoms with van der Waals surface area (Å²) in [5, 5.41) is 22.9. The van der Waals surface area contributed by atoms with Crippen LogP contribution >= 0.6 is 11.3 Å². The van der Waals surface area contributed by atoms with Crippen molar-refractivity contribution in [3.63, 3.8) is 0 Å². The first-order chi connectivity index (χ1) is 16.7. The van der Waals surface area contributed by atoms with E-state index in [1.54, 1.807) is 30.3 Å².